The van der Waals surface area contributed by atoms with Gasteiger partial charge in [-0.25, -0.2) is 18.0 Å². The second-order valence-electron chi connectivity index (χ2n) is 9.75. The van der Waals surface area contributed by atoms with Crippen LogP contribution >= 0.6 is 0 Å². The molecule has 210 valence electrons. The maximum atomic E-state index is 14.5. The molecule has 0 unspecified atom stereocenters. The van der Waals surface area contributed by atoms with E-state index < -0.39 is 47.2 Å². The van der Waals surface area contributed by atoms with Crippen molar-refractivity contribution in [2.45, 2.75) is 38.6 Å². The van der Waals surface area contributed by atoms with E-state index in [2.05, 4.69) is 0 Å². The number of fused-ring (bicyclic) bond motifs is 1. The zero-order valence-corrected chi connectivity index (χ0v) is 22.0. The summed E-state index contributed by atoms with van der Waals surface area (Å²) in [5.74, 6) is -6.26. The van der Waals surface area contributed by atoms with E-state index in [1.807, 2.05) is 43.3 Å². The predicted octanol–water partition coefficient (Wildman–Crippen LogP) is 6.15. The Balaban J connectivity index is 1.50. The number of benzene rings is 4. The number of rotatable bonds is 8. The van der Waals surface area contributed by atoms with Gasteiger partial charge in [0.2, 0.25) is 6.10 Å². The van der Waals surface area contributed by atoms with Crippen molar-refractivity contribution in [1.82, 2.24) is 4.90 Å². The summed E-state index contributed by atoms with van der Waals surface area (Å²) in [4.78, 5) is 27.6. The van der Waals surface area contributed by atoms with Crippen molar-refractivity contribution >= 4 is 11.9 Å². The second-order valence-corrected chi connectivity index (χ2v) is 9.75. The Kier molecular flexibility index (Phi) is 7.96. The summed E-state index contributed by atoms with van der Waals surface area (Å²) in [6.45, 7) is 2.03. The molecule has 0 bridgehead atoms. The monoisotopic (exact) mass is 561 g/mol. The van der Waals surface area contributed by atoms with Crippen LogP contribution in [0.4, 0.5) is 13.2 Å². The van der Waals surface area contributed by atoms with Gasteiger partial charge in [-0.15, -0.1) is 0 Å². The molecular weight excluding hydrogens is 535 g/mol. The molecule has 0 saturated heterocycles. The third kappa shape index (κ3) is 5.89. The first-order valence-corrected chi connectivity index (χ1v) is 12.9. The van der Waals surface area contributed by atoms with Gasteiger partial charge in [0.15, 0.2) is 17.4 Å². The number of amides is 1. The molecular formula is C32H26F3NO5. The molecule has 0 radical (unpaired) electrons. The van der Waals surface area contributed by atoms with Gasteiger partial charge in [0.25, 0.3) is 5.91 Å². The van der Waals surface area contributed by atoms with Gasteiger partial charge in [-0.2, -0.15) is 0 Å². The van der Waals surface area contributed by atoms with E-state index in [-0.39, 0.29) is 25.1 Å². The highest BCUT2D eigenvalue weighted by molar-refractivity contribution is 5.88. The van der Waals surface area contributed by atoms with Gasteiger partial charge in [0.1, 0.15) is 24.2 Å². The van der Waals surface area contributed by atoms with Crippen LogP contribution in [0.1, 0.15) is 33.9 Å². The number of nitrogens with zero attached hydrogens (tertiary/aromatic N) is 1. The van der Waals surface area contributed by atoms with Gasteiger partial charge in [0.05, 0.1) is 0 Å². The highest BCUT2D eigenvalue weighted by atomic mass is 19.1. The number of carboxylic acid groups (broad SMARTS) is 1. The third-order valence-corrected chi connectivity index (χ3v) is 6.99. The van der Waals surface area contributed by atoms with Crippen molar-refractivity contribution in [3.63, 3.8) is 0 Å². The van der Waals surface area contributed by atoms with Crippen LogP contribution in [0.5, 0.6) is 11.5 Å². The van der Waals surface area contributed by atoms with Gasteiger partial charge in [-0.05, 0) is 23.6 Å². The van der Waals surface area contributed by atoms with Crippen LogP contribution in [0.15, 0.2) is 84.9 Å². The first-order chi connectivity index (χ1) is 19.7. The minimum Gasteiger partial charge on any atom is -0.488 e. The van der Waals surface area contributed by atoms with Gasteiger partial charge < -0.3 is 19.5 Å². The molecule has 1 aliphatic rings. The molecule has 0 spiro atoms. The van der Waals surface area contributed by atoms with Crippen LogP contribution in [0.3, 0.4) is 0 Å². The number of halogens is 3. The normalized spacial score (nSPS) is 15.1. The van der Waals surface area contributed by atoms with Crippen LogP contribution in [-0.2, 0) is 29.2 Å². The van der Waals surface area contributed by atoms with Crippen molar-refractivity contribution in [2.24, 2.45) is 0 Å². The van der Waals surface area contributed by atoms with E-state index in [0.29, 0.717) is 29.0 Å². The number of ether oxygens (including phenoxy) is 2. The summed E-state index contributed by atoms with van der Waals surface area (Å²) in [5.41, 5.74) is 3.35. The highest BCUT2D eigenvalue weighted by Gasteiger charge is 2.40. The topological polar surface area (TPSA) is 76.1 Å². The number of carbonyl (C=O) groups excluding carboxylic acids is 1. The number of hydrogen-bond donors (Lipinski definition) is 1. The molecule has 0 aliphatic carbocycles. The van der Waals surface area contributed by atoms with Crippen LogP contribution in [0, 0.1) is 24.4 Å². The Labute approximate surface area is 234 Å². The summed E-state index contributed by atoms with van der Waals surface area (Å²) in [7, 11) is 0. The maximum Gasteiger partial charge on any atom is 0.326 e. The summed E-state index contributed by atoms with van der Waals surface area (Å²) >= 11 is 0. The smallest absolute Gasteiger partial charge is 0.326 e. The highest BCUT2D eigenvalue weighted by Crippen LogP contribution is 2.37. The number of carboxylic acids is 1. The van der Waals surface area contributed by atoms with Crippen LogP contribution in [-0.4, -0.2) is 27.9 Å². The standard InChI is InChI=1S/C32H26F3NO5/c1-19-12-13-22-17-36(27(32(38)39)16-24(22)28(19)40-18-20-8-4-2-5-9-20)31(37)29(21-10-6-3-7-11-21)41-30-25(34)14-23(33)15-26(30)35/h2-15,27,29H,16-18H2,1H3,(H,38,39)/t27-,29-/m1/s1. The average molecular weight is 562 g/mol. The lowest BCUT2D eigenvalue weighted by Crippen LogP contribution is -2.51. The van der Waals surface area contributed by atoms with E-state index in [1.54, 1.807) is 24.3 Å². The largest absolute Gasteiger partial charge is 0.488 e. The van der Waals surface area contributed by atoms with Crippen LogP contribution in [0.2, 0.25) is 0 Å². The molecule has 0 fully saturated rings. The molecule has 41 heavy (non-hydrogen) atoms. The predicted molar refractivity (Wildman–Crippen MR) is 144 cm³/mol. The molecule has 1 amide bonds. The second kappa shape index (κ2) is 11.8. The Morgan fingerprint density at radius 2 is 1.56 bits per heavy atom. The SMILES string of the molecule is Cc1ccc2c(c1OCc1ccccc1)C[C@H](C(=O)O)N(C(=O)[C@H](Oc1c(F)cc(F)cc1F)c1ccccc1)C2. The molecule has 1 N–H and O–H groups in total. The Morgan fingerprint density at radius 3 is 2.20 bits per heavy atom. The summed E-state index contributed by atoms with van der Waals surface area (Å²) in [5, 5.41) is 10.2. The molecule has 1 aliphatic heterocycles. The lowest BCUT2D eigenvalue weighted by Gasteiger charge is -2.37. The molecule has 6 nitrogen and oxygen atoms in total. The van der Waals surface area contributed by atoms with Crippen molar-refractivity contribution < 1.29 is 37.3 Å². The zero-order chi connectivity index (χ0) is 29.1. The van der Waals surface area contributed by atoms with Gasteiger partial charge >= 0.3 is 5.97 Å². The average Bonchev–Trinajstić information content (AvgIpc) is 2.96. The van der Waals surface area contributed by atoms with E-state index in [9.17, 15) is 27.9 Å². The van der Waals surface area contributed by atoms with E-state index >= 15 is 0 Å². The van der Waals surface area contributed by atoms with Crippen molar-refractivity contribution in [2.75, 3.05) is 0 Å². The van der Waals surface area contributed by atoms with Crippen molar-refractivity contribution in [1.29, 1.82) is 0 Å². The fourth-order valence-electron chi connectivity index (χ4n) is 4.94. The third-order valence-electron chi connectivity index (χ3n) is 6.99. The Bertz CT molecular complexity index is 1560. The lowest BCUT2D eigenvalue weighted by atomic mass is 9.90. The molecule has 9 heteroatoms. The first-order valence-electron chi connectivity index (χ1n) is 12.9. The van der Waals surface area contributed by atoms with E-state index in [1.165, 1.54) is 12.1 Å². The fraction of sp³-hybridized carbons (Fsp3) is 0.188. The molecule has 0 aromatic heterocycles. The summed E-state index contributed by atoms with van der Waals surface area (Å²) < 4.78 is 54.3. The molecule has 2 atom stereocenters. The molecule has 5 rings (SSSR count). The van der Waals surface area contributed by atoms with Gasteiger partial charge in [0, 0.05) is 36.2 Å². The number of hydrogen-bond acceptors (Lipinski definition) is 4. The lowest BCUT2D eigenvalue weighted by molar-refractivity contribution is -0.155. The van der Waals surface area contributed by atoms with Gasteiger partial charge in [-0.3, -0.25) is 4.79 Å². The number of carbonyl (C=O) groups is 2. The number of aliphatic carboxylic acids is 1. The maximum absolute atomic E-state index is 14.5. The number of aryl methyl sites for hydroxylation is 1. The van der Waals surface area contributed by atoms with E-state index in [0.717, 1.165) is 16.0 Å². The van der Waals surface area contributed by atoms with Crippen LogP contribution < -0.4 is 9.47 Å². The molecule has 0 saturated carbocycles. The molecule has 1 heterocycles. The first kappa shape index (κ1) is 27.8. The zero-order valence-electron chi connectivity index (χ0n) is 22.0. The van der Waals surface area contributed by atoms with E-state index in [4.69, 9.17) is 9.47 Å². The Morgan fingerprint density at radius 1 is 0.927 bits per heavy atom. The minimum absolute atomic E-state index is 0.0526. The fourth-order valence-corrected chi connectivity index (χ4v) is 4.94. The quantitative estimate of drug-likeness (QED) is 0.279. The molecule has 4 aromatic rings. The molecule has 4 aromatic carbocycles. The minimum atomic E-state index is -1.60. The van der Waals surface area contributed by atoms with Gasteiger partial charge in [-0.1, -0.05) is 72.8 Å². The van der Waals surface area contributed by atoms with Crippen LogP contribution in [0.25, 0.3) is 0 Å². The van der Waals surface area contributed by atoms with Crippen molar-refractivity contribution in [3.8, 4) is 11.5 Å². The Hall–Kier alpha value is -4.79. The summed E-state index contributed by atoms with van der Waals surface area (Å²) in [6, 6.07) is 20.7. The summed E-state index contributed by atoms with van der Waals surface area (Å²) in [6.07, 6.45) is -1.66. The van der Waals surface area contributed by atoms with Crippen molar-refractivity contribution in [3.05, 3.63) is 130 Å².